The van der Waals surface area contributed by atoms with Crippen molar-refractivity contribution in [2.75, 3.05) is 6.61 Å². The van der Waals surface area contributed by atoms with Crippen LogP contribution >= 0.6 is 23.2 Å². The first kappa shape index (κ1) is 27.8. The molecule has 37 heavy (non-hydrogen) atoms. The molecule has 10 heteroatoms. The van der Waals surface area contributed by atoms with Crippen LogP contribution in [-0.2, 0) is 16.0 Å². The van der Waals surface area contributed by atoms with Gasteiger partial charge in [0.2, 0.25) is 0 Å². The van der Waals surface area contributed by atoms with Gasteiger partial charge in [-0.3, -0.25) is 9.59 Å². The average Bonchev–Trinajstić information content (AvgIpc) is 2.87. The van der Waals surface area contributed by atoms with E-state index in [0.29, 0.717) is 28.7 Å². The third-order valence-electron chi connectivity index (χ3n) is 5.15. The number of hydrogen-bond donors (Lipinski definition) is 3. The number of carbonyl (C=O) groups excluding carboxylic acids is 2. The van der Waals surface area contributed by atoms with Crippen LogP contribution in [0.15, 0.2) is 71.8 Å². The Hall–Kier alpha value is -3.75. The van der Waals surface area contributed by atoms with Crippen LogP contribution in [0.3, 0.4) is 0 Å². The average molecular weight is 544 g/mol. The van der Waals surface area contributed by atoms with E-state index in [2.05, 4.69) is 15.8 Å². The Labute approximate surface area is 225 Å². The van der Waals surface area contributed by atoms with Crippen LogP contribution in [0.2, 0.25) is 10.0 Å². The molecule has 3 aromatic carbocycles. The summed E-state index contributed by atoms with van der Waals surface area (Å²) in [5.74, 6) is -0.422. The number of ether oxygens (including phenoxy) is 2. The molecule has 0 saturated heterocycles. The standard InChI is InChI=1S/C27H27Cl2N3O5/c1-3-36-25-14-19(9-11-23(25)33)16-30-32-27(35)22(13-18-7-5-4-6-8-18)31-26(34)17(2)37-24-12-10-20(28)15-21(24)29/h4-12,14-17,22,33H,3,13H2,1-2H3,(H,31,34)(H,32,35)/b30-16-/t17-,22+/m0/s1. The van der Waals surface area contributed by atoms with Gasteiger partial charge in [0.05, 0.1) is 17.8 Å². The number of nitrogens with one attached hydrogen (secondary N) is 2. The lowest BCUT2D eigenvalue weighted by Crippen LogP contribution is -2.50. The molecule has 0 unspecified atom stereocenters. The van der Waals surface area contributed by atoms with Crippen LogP contribution in [0.1, 0.15) is 25.0 Å². The van der Waals surface area contributed by atoms with E-state index in [9.17, 15) is 14.7 Å². The number of benzene rings is 3. The largest absolute Gasteiger partial charge is 0.504 e. The first-order valence-electron chi connectivity index (χ1n) is 11.5. The number of amides is 2. The van der Waals surface area contributed by atoms with Crippen molar-refractivity contribution in [1.82, 2.24) is 10.7 Å². The van der Waals surface area contributed by atoms with Crippen LogP contribution in [0, 0.1) is 0 Å². The van der Waals surface area contributed by atoms with Crippen molar-refractivity contribution in [2.45, 2.75) is 32.4 Å². The summed E-state index contributed by atoms with van der Waals surface area (Å²) in [6.07, 6.45) is 0.702. The Morgan fingerprint density at radius 1 is 1.03 bits per heavy atom. The summed E-state index contributed by atoms with van der Waals surface area (Å²) >= 11 is 12.1. The van der Waals surface area contributed by atoms with Gasteiger partial charge in [-0.25, -0.2) is 5.43 Å². The van der Waals surface area contributed by atoms with Gasteiger partial charge in [0, 0.05) is 11.4 Å². The fourth-order valence-corrected chi connectivity index (χ4v) is 3.75. The molecule has 0 saturated carbocycles. The highest BCUT2D eigenvalue weighted by Gasteiger charge is 2.25. The molecule has 0 fully saturated rings. The molecule has 0 aliphatic carbocycles. The number of phenols is 1. The Morgan fingerprint density at radius 2 is 1.78 bits per heavy atom. The maximum Gasteiger partial charge on any atom is 0.262 e. The van der Waals surface area contributed by atoms with E-state index in [1.165, 1.54) is 18.3 Å². The topological polar surface area (TPSA) is 109 Å². The number of carbonyl (C=O) groups is 2. The van der Waals surface area contributed by atoms with Gasteiger partial charge >= 0.3 is 0 Å². The summed E-state index contributed by atoms with van der Waals surface area (Å²) in [5.41, 5.74) is 3.91. The molecule has 3 aromatic rings. The lowest BCUT2D eigenvalue weighted by molar-refractivity contribution is -0.132. The highest BCUT2D eigenvalue weighted by molar-refractivity contribution is 6.35. The van der Waals surface area contributed by atoms with E-state index in [1.807, 2.05) is 30.3 Å². The quantitative estimate of drug-likeness (QED) is 0.239. The number of aromatic hydroxyl groups is 1. The van der Waals surface area contributed by atoms with E-state index in [1.54, 1.807) is 38.1 Å². The number of halogens is 2. The molecule has 8 nitrogen and oxygen atoms in total. The van der Waals surface area contributed by atoms with E-state index < -0.39 is 24.0 Å². The van der Waals surface area contributed by atoms with Gasteiger partial charge < -0.3 is 19.9 Å². The minimum Gasteiger partial charge on any atom is -0.504 e. The molecular formula is C27H27Cl2N3O5. The number of rotatable bonds is 11. The first-order chi connectivity index (χ1) is 17.8. The van der Waals surface area contributed by atoms with Gasteiger partial charge in [-0.2, -0.15) is 5.10 Å². The second kappa shape index (κ2) is 13.5. The van der Waals surface area contributed by atoms with Gasteiger partial charge in [0.15, 0.2) is 17.6 Å². The zero-order valence-corrected chi connectivity index (χ0v) is 21.8. The molecular weight excluding hydrogens is 517 g/mol. The van der Waals surface area contributed by atoms with Crippen LogP contribution in [0.5, 0.6) is 17.2 Å². The van der Waals surface area contributed by atoms with Crippen LogP contribution < -0.4 is 20.2 Å². The molecule has 3 rings (SSSR count). The Morgan fingerprint density at radius 3 is 2.49 bits per heavy atom. The molecule has 0 radical (unpaired) electrons. The van der Waals surface area contributed by atoms with E-state index in [0.717, 1.165) is 5.56 Å². The van der Waals surface area contributed by atoms with Gasteiger partial charge in [0.25, 0.3) is 11.8 Å². The summed E-state index contributed by atoms with van der Waals surface area (Å²) in [6, 6.07) is 17.7. The highest BCUT2D eigenvalue weighted by atomic mass is 35.5. The fraction of sp³-hybridized carbons (Fsp3) is 0.222. The van der Waals surface area contributed by atoms with Gasteiger partial charge in [-0.15, -0.1) is 0 Å². The maximum absolute atomic E-state index is 13.0. The molecule has 2 amide bonds. The first-order valence-corrected chi connectivity index (χ1v) is 12.3. The van der Waals surface area contributed by atoms with E-state index >= 15 is 0 Å². The van der Waals surface area contributed by atoms with Crippen molar-refractivity contribution in [2.24, 2.45) is 5.10 Å². The Kier molecular flexibility index (Phi) is 10.2. The van der Waals surface area contributed by atoms with Crippen molar-refractivity contribution in [3.05, 3.63) is 87.9 Å². The molecule has 0 bridgehead atoms. The molecule has 0 heterocycles. The van der Waals surface area contributed by atoms with Gasteiger partial charge in [-0.05, 0) is 61.4 Å². The second-order valence-corrected chi connectivity index (χ2v) is 8.82. The summed E-state index contributed by atoms with van der Waals surface area (Å²) in [7, 11) is 0. The molecule has 0 spiro atoms. The minimum atomic E-state index is -0.942. The van der Waals surface area contributed by atoms with Crippen molar-refractivity contribution in [3.63, 3.8) is 0 Å². The summed E-state index contributed by atoms with van der Waals surface area (Å²) in [6.45, 7) is 3.74. The van der Waals surface area contributed by atoms with E-state index in [-0.39, 0.29) is 17.2 Å². The molecule has 0 aliphatic heterocycles. The number of hydrazone groups is 1. The number of hydrogen-bond acceptors (Lipinski definition) is 6. The molecule has 0 aliphatic rings. The van der Waals surface area contributed by atoms with Crippen LogP contribution in [-0.4, -0.2) is 41.9 Å². The second-order valence-electron chi connectivity index (χ2n) is 7.98. The molecule has 3 N–H and O–H groups in total. The van der Waals surface area contributed by atoms with Gasteiger partial charge in [-0.1, -0.05) is 53.5 Å². The van der Waals surface area contributed by atoms with Crippen molar-refractivity contribution >= 4 is 41.2 Å². The minimum absolute atomic E-state index is 0.00454. The third-order valence-corrected chi connectivity index (χ3v) is 5.69. The van der Waals surface area contributed by atoms with Crippen LogP contribution in [0.4, 0.5) is 0 Å². The highest BCUT2D eigenvalue weighted by Crippen LogP contribution is 2.28. The van der Waals surface area contributed by atoms with Crippen molar-refractivity contribution in [1.29, 1.82) is 0 Å². The summed E-state index contributed by atoms with van der Waals surface area (Å²) in [4.78, 5) is 25.9. The zero-order chi connectivity index (χ0) is 26.8. The monoisotopic (exact) mass is 543 g/mol. The van der Waals surface area contributed by atoms with Crippen LogP contribution in [0.25, 0.3) is 0 Å². The molecule has 0 aromatic heterocycles. The predicted octanol–water partition coefficient (Wildman–Crippen LogP) is 4.74. The number of phenolic OH excluding ortho intramolecular Hbond substituents is 1. The SMILES string of the molecule is CCOc1cc(/C=N\NC(=O)[C@@H](Cc2ccccc2)NC(=O)[C@H](C)Oc2ccc(Cl)cc2Cl)ccc1O. The third kappa shape index (κ3) is 8.41. The summed E-state index contributed by atoms with van der Waals surface area (Å²) in [5, 5.41) is 17.3. The lowest BCUT2D eigenvalue weighted by atomic mass is 10.1. The smallest absolute Gasteiger partial charge is 0.262 e. The molecule has 194 valence electrons. The Balaban J connectivity index is 1.69. The lowest BCUT2D eigenvalue weighted by Gasteiger charge is -2.21. The summed E-state index contributed by atoms with van der Waals surface area (Å²) < 4.78 is 11.0. The van der Waals surface area contributed by atoms with E-state index in [4.69, 9.17) is 32.7 Å². The molecule has 2 atom stereocenters. The van der Waals surface area contributed by atoms with Gasteiger partial charge in [0.1, 0.15) is 11.8 Å². The zero-order valence-electron chi connectivity index (χ0n) is 20.3. The van der Waals surface area contributed by atoms with Crippen molar-refractivity contribution in [3.8, 4) is 17.2 Å². The normalized spacial score (nSPS) is 12.5. The predicted molar refractivity (Wildman–Crippen MR) is 144 cm³/mol. The van der Waals surface area contributed by atoms with Crippen molar-refractivity contribution < 1.29 is 24.2 Å². The Bertz CT molecular complexity index is 1250. The maximum atomic E-state index is 13.0. The number of nitrogens with zero attached hydrogens (tertiary/aromatic N) is 1. The fourth-order valence-electron chi connectivity index (χ4n) is 3.29.